The van der Waals surface area contributed by atoms with Crippen LogP contribution in [-0.4, -0.2) is 51.5 Å². The molecule has 2 amide bonds. The van der Waals surface area contributed by atoms with Crippen LogP contribution in [0.3, 0.4) is 0 Å². The average molecular weight is 616 g/mol. The quantitative estimate of drug-likeness (QED) is 0.212. The summed E-state index contributed by atoms with van der Waals surface area (Å²) in [4.78, 5) is 27.7. The molecule has 0 atom stereocenters. The van der Waals surface area contributed by atoms with E-state index < -0.39 is 14.4 Å². The summed E-state index contributed by atoms with van der Waals surface area (Å²) in [6, 6.07) is 24.0. The van der Waals surface area contributed by atoms with Crippen LogP contribution in [0, 0.1) is 0 Å². The molecule has 1 saturated heterocycles. The van der Waals surface area contributed by atoms with Gasteiger partial charge in [0.05, 0.1) is 12.3 Å². The second-order valence-electron chi connectivity index (χ2n) is 13.4. The number of nitrogens with zero attached hydrogens (tertiary/aromatic N) is 1. The first-order valence-electron chi connectivity index (χ1n) is 15.8. The van der Waals surface area contributed by atoms with E-state index in [2.05, 4.69) is 62.5 Å². The average Bonchev–Trinajstić information content (AvgIpc) is 2.98. The fraction of sp³-hybridized carbons (Fsp3) is 0.444. The molecule has 8 heteroatoms. The monoisotopic (exact) mass is 615 g/mol. The number of benzene rings is 3. The van der Waals surface area contributed by atoms with Crippen molar-refractivity contribution in [2.45, 2.75) is 83.7 Å². The highest BCUT2D eigenvalue weighted by Gasteiger charge is 2.37. The van der Waals surface area contributed by atoms with Crippen LogP contribution in [-0.2, 0) is 27.0 Å². The van der Waals surface area contributed by atoms with Crippen molar-refractivity contribution >= 4 is 31.7 Å². The van der Waals surface area contributed by atoms with Crippen LogP contribution in [0.2, 0.25) is 18.1 Å². The van der Waals surface area contributed by atoms with Gasteiger partial charge in [-0.2, -0.15) is 0 Å². The summed E-state index contributed by atoms with van der Waals surface area (Å²) in [6.07, 6.45) is 3.09. The van der Waals surface area contributed by atoms with E-state index in [1.807, 2.05) is 66.7 Å². The van der Waals surface area contributed by atoms with Crippen LogP contribution >= 0.6 is 0 Å². The number of anilines is 2. The van der Waals surface area contributed by atoms with Gasteiger partial charge in [0.1, 0.15) is 6.10 Å². The number of hydrogen-bond donors (Lipinski definition) is 2. The molecule has 1 heterocycles. The Morgan fingerprint density at radius 3 is 2.23 bits per heavy atom. The van der Waals surface area contributed by atoms with E-state index in [1.54, 1.807) is 0 Å². The Morgan fingerprint density at radius 2 is 1.57 bits per heavy atom. The van der Waals surface area contributed by atoms with E-state index in [0.29, 0.717) is 25.1 Å². The molecule has 1 aliphatic rings. The zero-order valence-corrected chi connectivity index (χ0v) is 28.2. The molecule has 4 rings (SSSR count). The first-order valence-corrected chi connectivity index (χ1v) is 18.7. The van der Waals surface area contributed by atoms with Crippen molar-refractivity contribution in [3.05, 3.63) is 83.9 Å². The van der Waals surface area contributed by atoms with Gasteiger partial charge in [-0.25, -0.2) is 4.79 Å². The maximum atomic E-state index is 12.8. The van der Waals surface area contributed by atoms with Crippen molar-refractivity contribution in [3.8, 4) is 11.1 Å². The fourth-order valence-corrected chi connectivity index (χ4v) is 5.91. The van der Waals surface area contributed by atoms with Crippen molar-refractivity contribution in [2.75, 3.05) is 30.8 Å². The van der Waals surface area contributed by atoms with Crippen LogP contribution in [0.25, 0.3) is 11.1 Å². The molecule has 3 aromatic carbocycles. The number of amides is 2. The van der Waals surface area contributed by atoms with Gasteiger partial charge in [0.25, 0.3) is 0 Å². The van der Waals surface area contributed by atoms with Crippen LogP contribution in [0.5, 0.6) is 0 Å². The van der Waals surface area contributed by atoms with E-state index >= 15 is 0 Å². The zero-order valence-electron chi connectivity index (χ0n) is 27.2. The molecule has 1 aliphatic heterocycles. The highest BCUT2D eigenvalue weighted by atomic mass is 28.4. The molecule has 0 aliphatic carbocycles. The van der Waals surface area contributed by atoms with Crippen LogP contribution in [0.1, 0.15) is 57.6 Å². The lowest BCUT2D eigenvalue weighted by atomic mass is 9.98. The molecule has 1 fully saturated rings. The summed E-state index contributed by atoms with van der Waals surface area (Å²) in [7, 11) is 0.276. The van der Waals surface area contributed by atoms with Crippen LogP contribution in [0.15, 0.2) is 72.8 Å². The van der Waals surface area contributed by atoms with Gasteiger partial charge in [0.15, 0.2) is 8.32 Å². The van der Waals surface area contributed by atoms with E-state index in [0.717, 1.165) is 60.3 Å². The number of likely N-dealkylation sites (tertiary alicyclic amines) is 1. The summed E-state index contributed by atoms with van der Waals surface area (Å²) < 4.78 is 12.0. The minimum Gasteiger partial charge on any atom is -0.446 e. The minimum atomic E-state index is -1.81. The van der Waals surface area contributed by atoms with Crippen molar-refractivity contribution in [1.29, 1.82) is 0 Å². The first-order chi connectivity index (χ1) is 20.9. The summed E-state index contributed by atoms with van der Waals surface area (Å²) >= 11 is 0. The molecule has 0 saturated carbocycles. The Kier molecular flexibility index (Phi) is 11.4. The largest absolute Gasteiger partial charge is 0.446 e. The molecule has 2 N–H and O–H groups in total. The fourth-order valence-electron chi connectivity index (χ4n) is 4.95. The highest BCUT2D eigenvalue weighted by molar-refractivity contribution is 6.74. The third kappa shape index (κ3) is 9.77. The lowest BCUT2D eigenvalue weighted by Crippen LogP contribution is -2.40. The SMILES string of the molecule is CN1CCC(OC(=O)Nc2ccc(CCCC(=O)Nc3ccc(CO[Si](C)(C)C(C)(C)C)cc3)cc2-c2ccccc2)CC1. The van der Waals surface area contributed by atoms with Gasteiger partial charge in [0, 0.05) is 30.8 Å². The first kappa shape index (κ1) is 33.4. The van der Waals surface area contributed by atoms with Gasteiger partial charge in [-0.3, -0.25) is 10.1 Å². The molecule has 0 radical (unpaired) electrons. The summed E-state index contributed by atoms with van der Waals surface area (Å²) in [6.45, 7) is 13.7. The third-order valence-corrected chi connectivity index (χ3v) is 13.3. The maximum absolute atomic E-state index is 12.8. The highest BCUT2D eigenvalue weighted by Crippen LogP contribution is 2.37. The molecular weight excluding hydrogens is 566 g/mol. The molecule has 0 aromatic heterocycles. The van der Waals surface area contributed by atoms with Crippen molar-refractivity contribution in [3.63, 3.8) is 0 Å². The van der Waals surface area contributed by atoms with E-state index in [4.69, 9.17) is 9.16 Å². The van der Waals surface area contributed by atoms with Gasteiger partial charge in [-0.05, 0) is 91.8 Å². The molecular formula is C36H49N3O4Si. The predicted molar refractivity (Wildman–Crippen MR) is 182 cm³/mol. The van der Waals surface area contributed by atoms with Crippen LogP contribution in [0.4, 0.5) is 16.2 Å². The molecule has 44 heavy (non-hydrogen) atoms. The maximum Gasteiger partial charge on any atom is 0.411 e. The molecule has 3 aromatic rings. The molecule has 0 spiro atoms. The second-order valence-corrected chi connectivity index (χ2v) is 18.2. The third-order valence-electron chi connectivity index (χ3n) is 8.86. The Morgan fingerprint density at radius 1 is 0.909 bits per heavy atom. The Hall–Kier alpha value is -3.46. The van der Waals surface area contributed by atoms with E-state index in [9.17, 15) is 9.59 Å². The number of rotatable bonds is 11. The molecule has 236 valence electrons. The van der Waals surface area contributed by atoms with Gasteiger partial charge in [-0.15, -0.1) is 0 Å². The summed E-state index contributed by atoms with van der Waals surface area (Å²) in [5.74, 6) is -0.00602. The van der Waals surface area contributed by atoms with E-state index in [-0.39, 0.29) is 17.0 Å². The Bertz CT molecular complexity index is 1380. The van der Waals surface area contributed by atoms with E-state index in [1.165, 1.54) is 0 Å². The lowest BCUT2D eigenvalue weighted by Gasteiger charge is -2.36. The smallest absolute Gasteiger partial charge is 0.411 e. The second kappa shape index (κ2) is 15.0. The summed E-state index contributed by atoms with van der Waals surface area (Å²) in [5.41, 5.74) is 5.67. The summed E-state index contributed by atoms with van der Waals surface area (Å²) in [5, 5.41) is 6.17. The van der Waals surface area contributed by atoms with Crippen molar-refractivity contribution in [1.82, 2.24) is 4.90 Å². The molecule has 7 nitrogen and oxygen atoms in total. The van der Waals surface area contributed by atoms with Gasteiger partial charge in [-0.1, -0.05) is 69.3 Å². The molecule has 0 unspecified atom stereocenters. The number of ether oxygens (including phenoxy) is 1. The predicted octanol–water partition coefficient (Wildman–Crippen LogP) is 8.48. The standard InChI is InChI=1S/C36H49N3O4Si/c1-36(2,3)44(5,6)42-26-28-15-18-30(19-16-28)37-34(40)14-10-11-27-17-20-33(32(25-27)29-12-8-7-9-13-29)38-35(41)43-31-21-23-39(4)24-22-31/h7-9,12-13,15-20,25,31H,10-11,14,21-24,26H2,1-6H3,(H,37,40)(H,38,41). The lowest BCUT2D eigenvalue weighted by molar-refractivity contribution is -0.116. The number of piperidine rings is 1. The van der Waals surface area contributed by atoms with Crippen molar-refractivity contribution < 1.29 is 18.8 Å². The van der Waals surface area contributed by atoms with Gasteiger partial charge in [0.2, 0.25) is 5.91 Å². The van der Waals surface area contributed by atoms with Crippen molar-refractivity contribution in [2.24, 2.45) is 0 Å². The van der Waals surface area contributed by atoms with Crippen LogP contribution < -0.4 is 10.6 Å². The normalized spacial score (nSPS) is 14.7. The number of carbonyl (C=O) groups excluding carboxylic acids is 2. The zero-order chi connectivity index (χ0) is 31.7. The minimum absolute atomic E-state index is 0.00602. The number of hydrogen-bond acceptors (Lipinski definition) is 5. The van der Waals surface area contributed by atoms with Gasteiger partial charge < -0.3 is 19.4 Å². The molecule has 0 bridgehead atoms. The Balaban J connectivity index is 1.30. The van der Waals surface area contributed by atoms with Gasteiger partial charge >= 0.3 is 6.09 Å². The number of aryl methyl sites for hydroxylation is 1. The topological polar surface area (TPSA) is 79.9 Å². The number of carbonyl (C=O) groups is 2. The Labute approximate surface area is 264 Å². The number of nitrogens with one attached hydrogen (secondary N) is 2.